The maximum atomic E-state index is 12.1. The molecule has 0 fully saturated rings. The summed E-state index contributed by atoms with van der Waals surface area (Å²) >= 11 is 0.734. The summed E-state index contributed by atoms with van der Waals surface area (Å²) in [6.45, 7) is 1.22. The lowest BCUT2D eigenvalue weighted by Crippen LogP contribution is -2.14. The van der Waals surface area contributed by atoms with Crippen molar-refractivity contribution in [3.63, 3.8) is 0 Å². The van der Waals surface area contributed by atoms with E-state index in [1.54, 1.807) is 12.1 Å². The van der Waals surface area contributed by atoms with Gasteiger partial charge < -0.3 is 9.84 Å². The number of nitrogens with zero attached hydrogens (tertiary/aromatic N) is 2. The summed E-state index contributed by atoms with van der Waals surface area (Å²) in [4.78, 5) is 36.8. The number of nitro groups is 1. The minimum absolute atomic E-state index is 0.0873. The molecule has 0 aliphatic heterocycles. The average Bonchev–Trinajstić information content (AvgIpc) is 2.98. The number of esters is 1. The first-order valence-corrected chi connectivity index (χ1v) is 6.93. The van der Waals surface area contributed by atoms with Crippen molar-refractivity contribution in [3.8, 4) is 5.75 Å². The molecule has 0 saturated carbocycles. The Labute approximate surface area is 134 Å². The molecule has 10 heteroatoms. The average molecular weight is 339 g/mol. The monoisotopic (exact) mass is 339 g/mol. The lowest BCUT2D eigenvalue weighted by molar-refractivity contribution is -0.380. The third kappa shape index (κ3) is 5.13. The van der Waals surface area contributed by atoms with Gasteiger partial charge >= 0.3 is 11.0 Å². The van der Waals surface area contributed by atoms with Gasteiger partial charge in [-0.1, -0.05) is 12.1 Å². The van der Waals surface area contributed by atoms with Crippen LogP contribution in [0.15, 0.2) is 30.5 Å². The number of thiazole rings is 1. The van der Waals surface area contributed by atoms with E-state index in [9.17, 15) is 19.7 Å². The maximum absolute atomic E-state index is 12.1. The van der Waals surface area contributed by atoms with Crippen LogP contribution in [0.25, 0.3) is 0 Å². The second kappa shape index (κ2) is 8.56. The molecule has 122 valence electrons. The van der Waals surface area contributed by atoms with E-state index in [1.165, 1.54) is 19.1 Å². The van der Waals surface area contributed by atoms with Crippen LogP contribution in [0.4, 0.5) is 10.1 Å². The van der Waals surface area contributed by atoms with E-state index in [1.807, 2.05) is 0 Å². The molecule has 1 heterocycles. The normalized spacial score (nSPS) is 9.35. The van der Waals surface area contributed by atoms with Crippen LogP contribution in [0.1, 0.15) is 17.3 Å². The van der Waals surface area contributed by atoms with E-state index in [0.717, 1.165) is 24.6 Å². The molecular formula is C13H13N3O6S. The zero-order chi connectivity index (χ0) is 17.4. The van der Waals surface area contributed by atoms with Crippen molar-refractivity contribution in [2.45, 2.75) is 6.92 Å². The van der Waals surface area contributed by atoms with Crippen LogP contribution < -0.4 is 10.1 Å². The topological polar surface area (TPSA) is 132 Å². The molecule has 0 aliphatic carbocycles. The molecule has 2 N–H and O–H groups in total. The van der Waals surface area contributed by atoms with E-state index in [-0.39, 0.29) is 21.4 Å². The number of aromatic nitrogens is 1. The standard InChI is InChI=1S/C12H9N3O5S.CH4O/c1-7(16)20-9-5-3-2-4-8(9)11(17)14-12-13-6-10(21-12)15(18)19;1-2/h2-6H,1H3,(H,13,14,17);2H,1H3. The lowest BCUT2D eigenvalue weighted by Gasteiger charge is -2.07. The minimum atomic E-state index is -0.597. The predicted molar refractivity (Wildman–Crippen MR) is 82.6 cm³/mol. The van der Waals surface area contributed by atoms with Crippen LogP contribution in [0.3, 0.4) is 0 Å². The number of benzene rings is 1. The van der Waals surface area contributed by atoms with Crippen molar-refractivity contribution >= 4 is 33.3 Å². The minimum Gasteiger partial charge on any atom is -0.426 e. The van der Waals surface area contributed by atoms with Gasteiger partial charge in [-0.15, -0.1) is 0 Å². The molecule has 0 spiro atoms. The van der Waals surface area contributed by atoms with Crippen LogP contribution in [0.2, 0.25) is 0 Å². The third-order valence-corrected chi connectivity index (χ3v) is 3.14. The van der Waals surface area contributed by atoms with Crippen molar-refractivity contribution in [1.29, 1.82) is 0 Å². The highest BCUT2D eigenvalue weighted by molar-refractivity contribution is 7.18. The second-order valence-corrected chi connectivity index (χ2v) is 4.81. The molecule has 0 bridgehead atoms. The Kier molecular flexibility index (Phi) is 6.77. The van der Waals surface area contributed by atoms with E-state index in [2.05, 4.69) is 10.3 Å². The third-order valence-electron chi connectivity index (χ3n) is 2.28. The fourth-order valence-corrected chi connectivity index (χ4v) is 2.10. The van der Waals surface area contributed by atoms with E-state index >= 15 is 0 Å². The maximum Gasteiger partial charge on any atom is 0.345 e. The molecule has 0 unspecified atom stereocenters. The zero-order valence-electron chi connectivity index (χ0n) is 12.2. The summed E-state index contributed by atoms with van der Waals surface area (Å²) in [5.41, 5.74) is 0.130. The molecule has 0 aliphatic rings. The Morgan fingerprint density at radius 2 is 2.00 bits per heavy atom. The molecule has 1 aromatic carbocycles. The zero-order valence-corrected chi connectivity index (χ0v) is 13.0. The van der Waals surface area contributed by atoms with Gasteiger partial charge in [0.05, 0.1) is 10.5 Å². The first kappa shape index (κ1) is 18.2. The molecule has 0 saturated heterocycles. The van der Waals surface area contributed by atoms with Crippen molar-refractivity contribution in [2.24, 2.45) is 0 Å². The predicted octanol–water partition coefficient (Wildman–Crippen LogP) is 1.84. The van der Waals surface area contributed by atoms with Crippen molar-refractivity contribution in [3.05, 3.63) is 46.1 Å². The second-order valence-electron chi connectivity index (χ2n) is 3.80. The smallest absolute Gasteiger partial charge is 0.345 e. The van der Waals surface area contributed by atoms with Gasteiger partial charge in [-0.2, -0.15) is 0 Å². The highest BCUT2D eigenvalue weighted by Crippen LogP contribution is 2.26. The van der Waals surface area contributed by atoms with Crippen LogP contribution in [-0.2, 0) is 4.79 Å². The number of carbonyl (C=O) groups excluding carboxylic acids is 2. The number of hydrogen-bond donors (Lipinski definition) is 2. The van der Waals surface area contributed by atoms with E-state index in [4.69, 9.17) is 9.84 Å². The van der Waals surface area contributed by atoms with E-state index in [0.29, 0.717) is 0 Å². The van der Waals surface area contributed by atoms with Gasteiger partial charge in [0.1, 0.15) is 11.9 Å². The molecule has 2 aromatic rings. The van der Waals surface area contributed by atoms with Gasteiger partial charge in [0, 0.05) is 14.0 Å². The first-order valence-electron chi connectivity index (χ1n) is 6.11. The number of aliphatic hydroxyl groups is 1. The van der Waals surface area contributed by atoms with Gasteiger partial charge in [-0.25, -0.2) is 4.98 Å². The Morgan fingerprint density at radius 1 is 1.35 bits per heavy atom. The summed E-state index contributed by atoms with van der Waals surface area (Å²) in [6.07, 6.45) is 1.05. The van der Waals surface area contributed by atoms with Gasteiger partial charge in [-0.05, 0) is 23.5 Å². The Hall–Kier alpha value is -2.85. The Balaban J connectivity index is 0.00000127. The number of rotatable bonds is 4. The van der Waals surface area contributed by atoms with Gasteiger partial charge in [0.2, 0.25) is 0 Å². The summed E-state index contributed by atoms with van der Waals surface area (Å²) < 4.78 is 4.92. The van der Waals surface area contributed by atoms with Gasteiger partial charge in [0.25, 0.3) is 5.91 Å². The molecular weight excluding hydrogens is 326 g/mol. The van der Waals surface area contributed by atoms with Crippen molar-refractivity contribution in [2.75, 3.05) is 12.4 Å². The number of aliphatic hydroxyl groups excluding tert-OH is 1. The SMILES string of the molecule is CC(=O)Oc1ccccc1C(=O)Nc1ncc([N+](=O)[O-])s1.CO. The van der Waals surface area contributed by atoms with Crippen molar-refractivity contribution < 1.29 is 24.4 Å². The van der Waals surface area contributed by atoms with E-state index < -0.39 is 16.8 Å². The summed E-state index contributed by atoms with van der Waals surface area (Å²) in [6, 6.07) is 6.16. The summed E-state index contributed by atoms with van der Waals surface area (Å²) in [5.74, 6) is -1.02. The number of para-hydroxylation sites is 1. The van der Waals surface area contributed by atoms with Gasteiger partial charge in [-0.3, -0.25) is 25.0 Å². The lowest BCUT2D eigenvalue weighted by atomic mass is 10.2. The molecule has 0 radical (unpaired) electrons. The summed E-state index contributed by atoms with van der Waals surface area (Å²) in [5, 5.41) is 19.9. The van der Waals surface area contributed by atoms with Crippen LogP contribution in [0, 0.1) is 10.1 Å². The van der Waals surface area contributed by atoms with Crippen LogP contribution >= 0.6 is 11.3 Å². The summed E-state index contributed by atoms with van der Waals surface area (Å²) in [7, 11) is 1.00. The molecule has 2 rings (SSSR count). The highest BCUT2D eigenvalue weighted by atomic mass is 32.1. The molecule has 9 nitrogen and oxygen atoms in total. The quantitative estimate of drug-likeness (QED) is 0.376. The number of ether oxygens (including phenoxy) is 1. The number of hydrogen-bond acceptors (Lipinski definition) is 8. The fraction of sp³-hybridized carbons (Fsp3) is 0.154. The molecule has 23 heavy (non-hydrogen) atoms. The Morgan fingerprint density at radius 3 is 2.57 bits per heavy atom. The van der Waals surface area contributed by atoms with Gasteiger partial charge in [0.15, 0.2) is 5.13 Å². The number of carbonyl (C=O) groups is 2. The number of nitrogens with one attached hydrogen (secondary N) is 1. The first-order chi connectivity index (χ1) is 11.0. The van der Waals surface area contributed by atoms with Crippen LogP contribution in [0.5, 0.6) is 5.75 Å². The number of amides is 1. The Bertz CT molecular complexity index is 715. The molecule has 1 aromatic heterocycles. The number of anilines is 1. The largest absolute Gasteiger partial charge is 0.426 e. The fourth-order valence-electron chi connectivity index (χ4n) is 1.47. The highest BCUT2D eigenvalue weighted by Gasteiger charge is 2.17. The van der Waals surface area contributed by atoms with Crippen LogP contribution in [-0.4, -0.2) is 34.0 Å². The van der Waals surface area contributed by atoms with Crippen molar-refractivity contribution in [1.82, 2.24) is 4.98 Å². The molecule has 1 amide bonds. The molecule has 0 atom stereocenters.